The lowest BCUT2D eigenvalue weighted by atomic mass is 10.00. The largest absolute Gasteiger partial charge is 0.384 e. The Hall–Kier alpha value is -2.81. The van der Waals surface area contributed by atoms with Crippen molar-refractivity contribution < 1.29 is 0 Å². The van der Waals surface area contributed by atoms with E-state index in [1.54, 1.807) is 0 Å². The van der Waals surface area contributed by atoms with Crippen LogP contribution in [-0.2, 0) is 0 Å². The smallest absolute Gasteiger partial charge is 0.124 e. The molecule has 0 unspecified atom stereocenters. The molecule has 3 heteroatoms. The minimum absolute atomic E-state index is 0.0836. The predicted molar refractivity (Wildman–Crippen MR) is 94.2 cm³/mol. The molecule has 0 heterocycles. The average Bonchev–Trinajstić information content (AvgIpc) is 2.53. The molecule has 0 saturated carbocycles. The van der Waals surface area contributed by atoms with Crippen molar-refractivity contribution in [2.75, 3.05) is 11.9 Å². The number of fused-ring (bicyclic) bond motifs is 1. The van der Waals surface area contributed by atoms with Crippen LogP contribution in [0.5, 0.6) is 0 Å². The third-order valence-corrected chi connectivity index (χ3v) is 3.92. The molecule has 3 aromatic rings. The summed E-state index contributed by atoms with van der Waals surface area (Å²) in [5.74, 6) is 0.0836. The molecular weight excluding hydrogens is 270 g/mol. The fourth-order valence-corrected chi connectivity index (χ4v) is 2.79. The van der Waals surface area contributed by atoms with Crippen molar-refractivity contribution in [1.29, 1.82) is 5.41 Å². The number of anilines is 2. The highest BCUT2D eigenvalue weighted by molar-refractivity contribution is 6.10. The molecule has 3 N–H and O–H groups in total. The maximum Gasteiger partial charge on any atom is 0.124 e. The van der Waals surface area contributed by atoms with E-state index in [1.807, 2.05) is 37.4 Å². The second-order valence-corrected chi connectivity index (χ2v) is 5.49. The van der Waals surface area contributed by atoms with Gasteiger partial charge in [-0.1, -0.05) is 48.0 Å². The van der Waals surface area contributed by atoms with E-state index in [0.717, 1.165) is 27.7 Å². The topological polar surface area (TPSA) is 53.1 Å². The van der Waals surface area contributed by atoms with Gasteiger partial charge in [-0.15, -0.1) is 0 Å². The van der Waals surface area contributed by atoms with Gasteiger partial charge in [-0.05, 0) is 30.5 Å². The monoisotopic (exact) mass is 289 g/mol. The highest BCUT2D eigenvalue weighted by Gasteiger charge is 2.15. The number of nitrogens with two attached hydrogens (primary N) is 1. The zero-order chi connectivity index (χ0) is 15.7. The van der Waals surface area contributed by atoms with Crippen molar-refractivity contribution in [3.63, 3.8) is 0 Å². The Labute approximate surface area is 130 Å². The van der Waals surface area contributed by atoms with Crippen molar-refractivity contribution in [2.45, 2.75) is 6.92 Å². The number of para-hydroxylation sites is 1. The quantitative estimate of drug-likeness (QED) is 0.561. The highest BCUT2D eigenvalue weighted by atomic mass is 15.1. The molecule has 0 bridgehead atoms. The van der Waals surface area contributed by atoms with Crippen LogP contribution in [0.1, 0.15) is 11.1 Å². The predicted octanol–water partition coefficient (Wildman–Crippen LogP) is 4.20. The van der Waals surface area contributed by atoms with Crippen molar-refractivity contribution in [2.24, 2.45) is 5.73 Å². The maximum absolute atomic E-state index is 7.90. The van der Waals surface area contributed by atoms with Crippen molar-refractivity contribution >= 4 is 28.0 Å². The van der Waals surface area contributed by atoms with Crippen molar-refractivity contribution in [1.82, 2.24) is 0 Å². The molecule has 0 spiro atoms. The fraction of sp³-hybridized carbons (Fsp3) is 0.105. The van der Waals surface area contributed by atoms with Crippen LogP contribution in [0.3, 0.4) is 0 Å². The number of benzene rings is 3. The molecule has 0 aromatic heterocycles. The summed E-state index contributed by atoms with van der Waals surface area (Å²) in [6.07, 6.45) is 0. The number of nitrogens with zero attached hydrogens (tertiary/aromatic N) is 1. The summed E-state index contributed by atoms with van der Waals surface area (Å²) < 4.78 is 0. The van der Waals surface area contributed by atoms with Gasteiger partial charge in [-0.25, -0.2) is 0 Å². The first-order chi connectivity index (χ1) is 10.6. The van der Waals surface area contributed by atoms with E-state index in [1.165, 1.54) is 5.56 Å². The van der Waals surface area contributed by atoms with Crippen LogP contribution in [0.15, 0.2) is 60.7 Å². The summed E-state index contributed by atoms with van der Waals surface area (Å²) >= 11 is 0. The van der Waals surface area contributed by atoms with E-state index in [9.17, 15) is 0 Å². The van der Waals surface area contributed by atoms with Gasteiger partial charge in [0.05, 0.1) is 5.69 Å². The van der Waals surface area contributed by atoms with Gasteiger partial charge in [0.2, 0.25) is 0 Å². The van der Waals surface area contributed by atoms with Crippen LogP contribution in [0, 0.1) is 12.3 Å². The molecule has 0 aliphatic heterocycles. The van der Waals surface area contributed by atoms with E-state index in [2.05, 4.69) is 42.2 Å². The van der Waals surface area contributed by atoms with Gasteiger partial charge in [0.25, 0.3) is 0 Å². The number of nitrogen functional groups attached to an aromatic ring is 1. The lowest BCUT2D eigenvalue weighted by Gasteiger charge is -2.24. The SMILES string of the molecule is Cc1ccc2c(N(C)c3ccccc3)c(C(=N)N)ccc2c1. The third kappa shape index (κ3) is 2.42. The first kappa shape index (κ1) is 14.1. The van der Waals surface area contributed by atoms with Gasteiger partial charge < -0.3 is 10.6 Å². The summed E-state index contributed by atoms with van der Waals surface area (Å²) in [4.78, 5) is 2.09. The van der Waals surface area contributed by atoms with Gasteiger partial charge in [0.1, 0.15) is 5.84 Å². The molecule has 0 fully saturated rings. The van der Waals surface area contributed by atoms with E-state index in [4.69, 9.17) is 11.1 Å². The normalized spacial score (nSPS) is 10.6. The van der Waals surface area contributed by atoms with Gasteiger partial charge in [-0.3, -0.25) is 5.41 Å². The molecule has 0 amide bonds. The standard InChI is InChI=1S/C19H19N3/c1-13-8-10-16-14(12-13)9-11-17(19(20)21)18(16)22(2)15-6-4-3-5-7-15/h3-12H,1-2H3,(H3,20,21). The number of hydrogen-bond donors (Lipinski definition) is 2. The highest BCUT2D eigenvalue weighted by Crippen LogP contribution is 2.34. The van der Waals surface area contributed by atoms with Gasteiger partial charge in [-0.2, -0.15) is 0 Å². The van der Waals surface area contributed by atoms with Crippen LogP contribution >= 0.6 is 0 Å². The third-order valence-electron chi connectivity index (χ3n) is 3.92. The summed E-state index contributed by atoms with van der Waals surface area (Å²) in [6, 6.07) is 20.4. The molecular formula is C19H19N3. The Morgan fingerprint density at radius 3 is 2.41 bits per heavy atom. The number of rotatable bonds is 3. The molecule has 3 aromatic carbocycles. The number of hydrogen-bond acceptors (Lipinski definition) is 2. The molecule has 3 rings (SSSR count). The fourth-order valence-electron chi connectivity index (χ4n) is 2.79. The summed E-state index contributed by atoms with van der Waals surface area (Å²) in [5.41, 5.74) is 9.82. The molecule has 0 saturated heterocycles. The minimum Gasteiger partial charge on any atom is -0.384 e. The first-order valence-electron chi connectivity index (χ1n) is 7.24. The van der Waals surface area contributed by atoms with E-state index in [-0.39, 0.29) is 5.84 Å². The maximum atomic E-state index is 7.90. The van der Waals surface area contributed by atoms with Crippen molar-refractivity contribution in [3.8, 4) is 0 Å². The first-order valence-corrected chi connectivity index (χ1v) is 7.24. The van der Waals surface area contributed by atoms with Gasteiger partial charge in [0, 0.05) is 23.7 Å². The van der Waals surface area contributed by atoms with Gasteiger partial charge in [0.15, 0.2) is 0 Å². The van der Waals surface area contributed by atoms with Crippen LogP contribution in [0.25, 0.3) is 10.8 Å². The summed E-state index contributed by atoms with van der Waals surface area (Å²) in [7, 11) is 2.01. The summed E-state index contributed by atoms with van der Waals surface area (Å²) in [5, 5.41) is 10.2. The average molecular weight is 289 g/mol. The Balaban J connectivity index is 2.29. The summed E-state index contributed by atoms with van der Waals surface area (Å²) in [6.45, 7) is 2.08. The van der Waals surface area contributed by atoms with Crippen LogP contribution in [0.2, 0.25) is 0 Å². The Morgan fingerprint density at radius 1 is 1.00 bits per heavy atom. The lowest BCUT2D eigenvalue weighted by Crippen LogP contribution is -2.19. The second kappa shape index (κ2) is 5.53. The second-order valence-electron chi connectivity index (χ2n) is 5.49. The zero-order valence-electron chi connectivity index (χ0n) is 12.8. The molecule has 110 valence electrons. The Kier molecular flexibility index (Phi) is 3.55. The Bertz CT molecular complexity index is 838. The van der Waals surface area contributed by atoms with E-state index < -0.39 is 0 Å². The van der Waals surface area contributed by atoms with E-state index in [0.29, 0.717) is 0 Å². The minimum atomic E-state index is 0.0836. The van der Waals surface area contributed by atoms with Crippen LogP contribution < -0.4 is 10.6 Å². The molecule has 0 radical (unpaired) electrons. The number of aryl methyl sites for hydroxylation is 1. The molecule has 3 nitrogen and oxygen atoms in total. The van der Waals surface area contributed by atoms with Crippen molar-refractivity contribution in [3.05, 3.63) is 71.8 Å². The molecule has 0 atom stereocenters. The molecule has 0 aliphatic rings. The molecule has 0 aliphatic carbocycles. The zero-order valence-corrected chi connectivity index (χ0v) is 12.8. The van der Waals surface area contributed by atoms with E-state index >= 15 is 0 Å². The van der Waals surface area contributed by atoms with Crippen LogP contribution in [-0.4, -0.2) is 12.9 Å². The molecule has 22 heavy (non-hydrogen) atoms. The number of amidine groups is 1. The number of nitrogens with one attached hydrogen (secondary N) is 1. The van der Waals surface area contributed by atoms with Gasteiger partial charge >= 0.3 is 0 Å². The van der Waals surface area contributed by atoms with Crippen LogP contribution in [0.4, 0.5) is 11.4 Å². The Morgan fingerprint density at radius 2 is 1.73 bits per heavy atom. The lowest BCUT2D eigenvalue weighted by molar-refractivity contribution is 1.21.